The molecule has 0 fully saturated rings. The molecule has 0 atom stereocenters. The highest BCUT2D eigenvalue weighted by atomic mass is 16.2. The van der Waals surface area contributed by atoms with E-state index in [1.165, 1.54) is 0 Å². The molecule has 0 aliphatic rings. The Morgan fingerprint density at radius 2 is 2.54 bits per heavy atom. The van der Waals surface area contributed by atoms with Crippen molar-refractivity contribution in [2.45, 2.75) is 6.92 Å². The van der Waals surface area contributed by atoms with E-state index in [4.69, 9.17) is 5.73 Å². The van der Waals surface area contributed by atoms with Crippen LogP contribution in [0.4, 0.5) is 5.95 Å². The van der Waals surface area contributed by atoms with Crippen LogP contribution in [0.25, 0.3) is 0 Å². The van der Waals surface area contributed by atoms with Crippen LogP contribution in [0.3, 0.4) is 0 Å². The van der Waals surface area contributed by atoms with Gasteiger partial charge in [0.15, 0.2) is 0 Å². The van der Waals surface area contributed by atoms with Crippen molar-refractivity contribution in [1.82, 2.24) is 20.5 Å². The van der Waals surface area contributed by atoms with E-state index in [2.05, 4.69) is 32.3 Å². The normalized spacial score (nSPS) is 8.69. The number of hydrogen-bond donors (Lipinski definition) is 3. The molecule has 1 aromatic heterocycles. The Morgan fingerprint density at radius 3 is 3.08 bits per heavy atom. The Bertz CT molecular complexity index is 358. The maximum Gasteiger partial charge on any atom is 0.289 e. The lowest BCUT2D eigenvalue weighted by Crippen LogP contribution is -2.24. The molecule has 1 aromatic rings. The van der Waals surface area contributed by atoms with Gasteiger partial charge in [0, 0.05) is 0 Å². The molecule has 4 N–H and O–H groups in total. The van der Waals surface area contributed by atoms with Gasteiger partial charge in [-0.25, -0.2) is 0 Å². The summed E-state index contributed by atoms with van der Waals surface area (Å²) in [5.41, 5.74) is 5.21. The van der Waals surface area contributed by atoms with Gasteiger partial charge in [0.2, 0.25) is 11.8 Å². The number of hydrogen-bond acceptors (Lipinski definition) is 4. The zero-order valence-electron chi connectivity index (χ0n) is 7.09. The third-order valence-electron chi connectivity index (χ3n) is 1.23. The van der Waals surface area contributed by atoms with E-state index in [9.17, 15) is 4.79 Å². The summed E-state index contributed by atoms with van der Waals surface area (Å²) in [6.45, 7) is 1.98. The third-order valence-corrected chi connectivity index (χ3v) is 1.23. The van der Waals surface area contributed by atoms with Crippen LogP contribution in [-0.4, -0.2) is 27.6 Å². The fourth-order valence-corrected chi connectivity index (χ4v) is 0.673. The van der Waals surface area contributed by atoms with Crippen molar-refractivity contribution >= 4 is 11.9 Å². The van der Waals surface area contributed by atoms with Gasteiger partial charge in [-0.05, 0) is 6.92 Å². The average Bonchev–Trinajstić information content (AvgIpc) is 2.52. The van der Waals surface area contributed by atoms with Crippen LogP contribution in [0.1, 0.15) is 17.5 Å². The van der Waals surface area contributed by atoms with E-state index in [0.717, 1.165) is 0 Å². The molecule has 6 heteroatoms. The van der Waals surface area contributed by atoms with Crippen molar-refractivity contribution in [1.29, 1.82) is 0 Å². The zero-order valence-corrected chi connectivity index (χ0v) is 7.09. The van der Waals surface area contributed by atoms with Gasteiger partial charge in [0.1, 0.15) is 0 Å². The molecule has 0 saturated carbocycles. The van der Waals surface area contributed by atoms with Gasteiger partial charge in [0.05, 0.1) is 6.54 Å². The van der Waals surface area contributed by atoms with Crippen LogP contribution in [0.5, 0.6) is 0 Å². The topological polar surface area (TPSA) is 96.7 Å². The Morgan fingerprint density at radius 1 is 1.77 bits per heavy atom. The van der Waals surface area contributed by atoms with Gasteiger partial charge in [-0.2, -0.15) is 4.98 Å². The van der Waals surface area contributed by atoms with Crippen LogP contribution in [0, 0.1) is 11.8 Å². The number of nitrogens with one attached hydrogen (secondary N) is 2. The fraction of sp³-hybridized carbons (Fsp3) is 0.286. The second kappa shape index (κ2) is 4.11. The van der Waals surface area contributed by atoms with Crippen LogP contribution < -0.4 is 11.1 Å². The van der Waals surface area contributed by atoms with Gasteiger partial charge in [-0.15, -0.1) is 11.0 Å². The minimum absolute atomic E-state index is 0.0479. The number of amides is 1. The number of nitrogens with zero attached hydrogens (tertiary/aromatic N) is 2. The molecule has 6 nitrogen and oxygen atoms in total. The summed E-state index contributed by atoms with van der Waals surface area (Å²) in [4.78, 5) is 14.8. The first-order valence-corrected chi connectivity index (χ1v) is 3.59. The monoisotopic (exact) mass is 179 g/mol. The molecule has 0 saturated heterocycles. The number of carbonyl (C=O) groups is 1. The standard InChI is InChI=1S/C7H9N5O/c1-2-3-4-9-6(13)5-10-7(8)12-11-5/h4H2,1H3,(H,9,13)(H3,8,10,11,12). The number of nitrogens with two attached hydrogens (primary N) is 1. The summed E-state index contributed by atoms with van der Waals surface area (Å²) in [6.07, 6.45) is 0. The highest BCUT2D eigenvalue weighted by molar-refractivity contribution is 5.90. The lowest BCUT2D eigenvalue weighted by molar-refractivity contribution is 0.0949. The second-order valence-corrected chi connectivity index (χ2v) is 2.15. The molecule has 0 aromatic carbocycles. The number of carbonyl (C=O) groups excluding carboxylic acids is 1. The number of aromatic amines is 1. The quantitative estimate of drug-likeness (QED) is 0.514. The summed E-state index contributed by atoms with van der Waals surface area (Å²) in [6, 6.07) is 0. The predicted molar refractivity (Wildman–Crippen MR) is 46.6 cm³/mol. The van der Waals surface area contributed by atoms with Crippen molar-refractivity contribution in [2.24, 2.45) is 0 Å². The summed E-state index contributed by atoms with van der Waals surface area (Å²) in [5.74, 6) is 5.10. The maximum absolute atomic E-state index is 11.2. The van der Waals surface area contributed by atoms with Crippen LogP contribution >= 0.6 is 0 Å². The lowest BCUT2D eigenvalue weighted by Gasteiger charge is -1.94. The van der Waals surface area contributed by atoms with E-state index in [-0.39, 0.29) is 24.2 Å². The Kier molecular flexibility index (Phi) is 2.87. The summed E-state index contributed by atoms with van der Waals surface area (Å²) < 4.78 is 0. The molecule has 0 aliphatic heterocycles. The molecule has 1 heterocycles. The molecule has 1 amide bonds. The highest BCUT2D eigenvalue weighted by Gasteiger charge is 2.08. The molecule has 0 bridgehead atoms. The van der Waals surface area contributed by atoms with E-state index < -0.39 is 0 Å². The summed E-state index contributed by atoms with van der Waals surface area (Å²) in [7, 11) is 0. The van der Waals surface area contributed by atoms with Gasteiger partial charge < -0.3 is 11.1 Å². The number of rotatable bonds is 2. The molecule has 0 aliphatic carbocycles. The first-order valence-electron chi connectivity index (χ1n) is 3.59. The van der Waals surface area contributed by atoms with Gasteiger partial charge in [0.25, 0.3) is 5.91 Å². The fourth-order valence-electron chi connectivity index (χ4n) is 0.673. The van der Waals surface area contributed by atoms with Crippen LogP contribution in [-0.2, 0) is 0 Å². The average molecular weight is 179 g/mol. The third kappa shape index (κ3) is 2.48. The van der Waals surface area contributed by atoms with Crippen molar-refractivity contribution in [2.75, 3.05) is 12.3 Å². The predicted octanol–water partition coefficient (Wildman–Crippen LogP) is -0.860. The van der Waals surface area contributed by atoms with E-state index in [1.54, 1.807) is 6.92 Å². The molecule has 0 spiro atoms. The minimum atomic E-state index is -0.369. The van der Waals surface area contributed by atoms with Gasteiger partial charge in [-0.1, -0.05) is 5.92 Å². The molecular formula is C7H9N5O. The smallest absolute Gasteiger partial charge is 0.289 e. The van der Waals surface area contributed by atoms with E-state index in [1.807, 2.05) is 0 Å². The number of nitrogen functional groups attached to an aromatic ring is 1. The highest BCUT2D eigenvalue weighted by Crippen LogP contribution is 1.91. The Labute approximate surface area is 74.9 Å². The maximum atomic E-state index is 11.2. The van der Waals surface area contributed by atoms with Crippen molar-refractivity contribution in [3.8, 4) is 11.8 Å². The Balaban J connectivity index is 2.52. The summed E-state index contributed by atoms with van der Waals surface area (Å²) in [5, 5.41) is 8.41. The van der Waals surface area contributed by atoms with Gasteiger partial charge in [-0.3, -0.25) is 9.89 Å². The Hall–Kier alpha value is -2.03. The second-order valence-electron chi connectivity index (χ2n) is 2.15. The first-order chi connectivity index (χ1) is 6.24. The molecule has 0 unspecified atom stereocenters. The molecular weight excluding hydrogens is 170 g/mol. The summed E-state index contributed by atoms with van der Waals surface area (Å²) >= 11 is 0. The zero-order chi connectivity index (χ0) is 9.68. The van der Waals surface area contributed by atoms with Crippen molar-refractivity contribution in [3.63, 3.8) is 0 Å². The van der Waals surface area contributed by atoms with Crippen molar-refractivity contribution in [3.05, 3.63) is 5.82 Å². The SMILES string of the molecule is CC#CCNC(=O)c1nc(N)n[nH]1. The minimum Gasteiger partial charge on any atom is -0.366 e. The lowest BCUT2D eigenvalue weighted by atomic mass is 10.5. The molecule has 13 heavy (non-hydrogen) atoms. The number of H-pyrrole nitrogens is 1. The first kappa shape index (κ1) is 9.06. The number of aromatic nitrogens is 3. The largest absolute Gasteiger partial charge is 0.366 e. The van der Waals surface area contributed by atoms with Crippen molar-refractivity contribution < 1.29 is 4.79 Å². The number of anilines is 1. The van der Waals surface area contributed by atoms with Gasteiger partial charge >= 0.3 is 0 Å². The van der Waals surface area contributed by atoms with Crippen LogP contribution in [0.15, 0.2) is 0 Å². The van der Waals surface area contributed by atoms with E-state index in [0.29, 0.717) is 0 Å². The van der Waals surface area contributed by atoms with Crippen LogP contribution in [0.2, 0.25) is 0 Å². The molecule has 0 radical (unpaired) electrons. The molecule has 1 rings (SSSR count). The molecule has 68 valence electrons. The van der Waals surface area contributed by atoms with E-state index >= 15 is 0 Å².